The van der Waals surface area contributed by atoms with E-state index in [0.29, 0.717) is 75.5 Å². The van der Waals surface area contributed by atoms with Gasteiger partial charge < -0.3 is 45.1 Å². The summed E-state index contributed by atoms with van der Waals surface area (Å²) in [5.74, 6) is 6.06. The van der Waals surface area contributed by atoms with Crippen LogP contribution in [0.15, 0.2) is 82.5 Å². The highest BCUT2D eigenvalue weighted by Crippen LogP contribution is 2.43. The Morgan fingerprint density at radius 1 is 0.987 bits per heavy atom. The lowest BCUT2D eigenvalue weighted by Gasteiger charge is -2.38. The van der Waals surface area contributed by atoms with Gasteiger partial charge in [0.2, 0.25) is 11.8 Å². The van der Waals surface area contributed by atoms with Crippen LogP contribution in [0.5, 0.6) is 0 Å². The number of allylic oxidation sites excluding steroid dienone is 5. The zero-order chi connectivity index (χ0) is 56.9. The van der Waals surface area contributed by atoms with E-state index in [-0.39, 0.29) is 59.2 Å². The van der Waals surface area contributed by atoms with Crippen LogP contribution in [0.3, 0.4) is 0 Å². The van der Waals surface area contributed by atoms with Gasteiger partial charge in [0.25, 0.3) is 5.91 Å². The Labute approximate surface area is 471 Å². The van der Waals surface area contributed by atoms with Gasteiger partial charge in [-0.25, -0.2) is 9.37 Å². The smallest absolute Gasteiger partial charge is 0.351 e. The highest BCUT2D eigenvalue weighted by molar-refractivity contribution is 8.77. The summed E-state index contributed by atoms with van der Waals surface area (Å²) in [5, 5.41) is 8.61. The van der Waals surface area contributed by atoms with Crippen LogP contribution in [-0.4, -0.2) is 154 Å². The zero-order valence-electron chi connectivity index (χ0n) is 48.1. The fourth-order valence-corrected chi connectivity index (χ4v) is 14.7. The molecule has 6 rings (SSSR count). The van der Waals surface area contributed by atoms with E-state index < -0.39 is 20.0 Å². The number of hydrogen-bond acceptors (Lipinski definition) is 13. The third-order valence-corrected chi connectivity index (χ3v) is 20.3. The van der Waals surface area contributed by atoms with Crippen LogP contribution in [0, 0.1) is 11.8 Å². The van der Waals surface area contributed by atoms with Crippen molar-refractivity contribution in [2.75, 3.05) is 84.7 Å². The molecule has 3 aliphatic rings. The van der Waals surface area contributed by atoms with Crippen molar-refractivity contribution in [3.8, 4) is 11.8 Å². The molecule has 1 unspecified atom stereocenters. The molecule has 19 heteroatoms. The molecule has 3 amide bonds. The van der Waals surface area contributed by atoms with E-state index in [1.54, 1.807) is 32.7 Å². The van der Waals surface area contributed by atoms with Crippen molar-refractivity contribution in [3.05, 3.63) is 110 Å². The number of nitrogens with zero attached hydrogens (tertiary/aromatic N) is 5. The summed E-state index contributed by atoms with van der Waals surface area (Å²) in [4.78, 5) is 60.7. The van der Waals surface area contributed by atoms with Gasteiger partial charge in [0.1, 0.15) is 46.3 Å². The van der Waals surface area contributed by atoms with E-state index in [4.69, 9.17) is 24.7 Å². The van der Waals surface area contributed by atoms with Crippen molar-refractivity contribution in [2.24, 2.45) is 0 Å². The van der Waals surface area contributed by atoms with Crippen LogP contribution in [0.4, 0.5) is 11.5 Å². The monoisotopic (exact) mass is 1120 g/mol. The predicted octanol–water partition coefficient (Wildman–Crippen LogP) is 7.32. The molecule has 16 nitrogen and oxygen atoms in total. The topological polar surface area (TPSA) is 183 Å². The summed E-state index contributed by atoms with van der Waals surface area (Å²) in [6.07, 6.45) is 10.0. The third kappa shape index (κ3) is 16.6. The Hall–Kier alpha value is -5.46. The number of amides is 3. The molecule has 422 valence electrons. The first-order valence-electron chi connectivity index (χ1n) is 27.1. The molecule has 0 radical (unpaired) electrons. The van der Waals surface area contributed by atoms with E-state index in [1.165, 1.54) is 26.1 Å². The summed E-state index contributed by atoms with van der Waals surface area (Å²) in [6.45, 7) is 18.7. The third-order valence-electron chi connectivity index (χ3n) is 13.8. The van der Waals surface area contributed by atoms with Crippen LogP contribution in [0.1, 0.15) is 113 Å². The standard InChI is InChI=1S/C59H82N8O8S2Si/c1-39(2)73-36-49-48(74-40(3)4)34-54(75-49)67-35-41(56(60)63-58(67)71)20-18-29-61-52(68)23-16-17-31-72-38-76-77-59(5,6)37-62-53(69)24-19-30-66(11)57(70)45-22-15-14-21-44(45)55-46-27-25-42(64(7)8)32-50(46)78(12,13)51-33-43(65(9)10)26-28-47(51)55/h14-15,21-22,25-28,32-33,35,39-40,48-49,54H,16-17,19,23-24,29-31,34,36-38H2,1-13H3,(H3-,60,61,62,63,68,69,71)/p+1/t48?,49-,54-/m1/s1. The highest BCUT2D eigenvalue weighted by atomic mass is 33.1. The van der Waals surface area contributed by atoms with Crippen molar-refractivity contribution < 1.29 is 37.9 Å². The molecule has 2 aromatic carbocycles. The van der Waals surface area contributed by atoms with Crippen molar-refractivity contribution in [3.63, 3.8) is 0 Å². The average Bonchev–Trinajstić information content (AvgIpc) is 3.94. The van der Waals surface area contributed by atoms with Gasteiger partial charge in [-0.1, -0.05) is 70.8 Å². The van der Waals surface area contributed by atoms with E-state index in [1.807, 2.05) is 52.9 Å². The number of unbranched alkanes of at least 4 members (excludes halogenated alkanes) is 1. The molecule has 78 heavy (non-hydrogen) atoms. The molecule has 1 saturated heterocycles. The molecule has 1 fully saturated rings. The minimum Gasteiger partial charge on any atom is -0.382 e. The molecule has 3 atom stereocenters. The van der Waals surface area contributed by atoms with Gasteiger partial charge >= 0.3 is 5.69 Å². The molecule has 0 saturated carbocycles. The maximum atomic E-state index is 14.3. The normalized spacial score (nSPS) is 17.6. The largest absolute Gasteiger partial charge is 0.382 e. The lowest BCUT2D eigenvalue weighted by molar-refractivity contribution is -0.462. The number of nitrogen functional groups attached to an aromatic ring is 1. The summed E-state index contributed by atoms with van der Waals surface area (Å²) in [6, 6.07) is 14.7. The van der Waals surface area contributed by atoms with Gasteiger partial charge in [-0.3, -0.25) is 19.0 Å². The molecule has 4 N–H and O–H groups in total. The van der Waals surface area contributed by atoms with Gasteiger partial charge in [0, 0.05) is 94.4 Å². The highest BCUT2D eigenvalue weighted by Gasteiger charge is 2.42. The summed E-state index contributed by atoms with van der Waals surface area (Å²) < 4.78 is 27.2. The summed E-state index contributed by atoms with van der Waals surface area (Å²) in [7, 11) is 11.2. The number of benzene rings is 2. The molecular weight excluding hydrogens is 1040 g/mol. The van der Waals surface area contributed by atoms with Gasteiger partial charge in [-0.15, -0.1) is 0 Å². The second-order valence-corrected chi connectivity index (χ2v) is 29.4. The summed E-state index contributed by atoms with van der Waals surface area (Å²) in [5.41, 5.74) is 13.2. The van der Waals surface area contributed by atoms with Gasteiger partial charge in [-0.05, 0) is 118 Å². The number of rotatable bonds is 25. The molecule has 1 aliphatic carbocycles. The fourth-order valence-electron chi connectivity index (χ4n) is 9.49. The van der Waals surface area contributed by atoms with Gasteiger partial charge in [0.05, 0.1) is 37.0 Å². The second-order valence-electron chi connectivity index (χ2n) is 22.1. The lowest BCUT2D eigenvalue weighted by Crippen LogP contribution is -2.49. The van der Waals surface area contributed by atoms with Crippen LogP contribution in [-0.2, 0) is 28.5 Å². The van der Waals surface area contributed by atoms with Gasteiger partial charge in [0.15, 0.2) is 5.71 Å². The molecule has 0 bridgehead atoms. The number of carbonyl (C=O) groups is 3. The quantitative estimate of drug-likeness (QED) is 0.0192. The van der Waals surface area contributed by atoms with Gasteiger partial charge in [-0.2, -0.15) is 4.98 Å². The number of carbonyl (C=O) groups excluding carboxylic acids is 3. The van der Waals surface area contributed by atoms with Crippen molar-refractivity contribution in [2.45, 2.75) is 129 Å². The van der Waals surface area contributed by atoms with Crippen LogP contribution in [0.2, 0.25) is 13.1 Å². The number of fused-ring (bicyclic) bond motifs is 2. The maximum absolute atomic E-state index is 14.3. The predicted molar refractivity (Wildman–Crippen MR) is 320 cm³/mol. The molecule has 0 spiro atoms. The first-order chi connectivity index (χ1) is 37.0. The minimum absolute atomic E-state index is 0.00571. The fraction of sp³-hybridized carbons (Fsp3) is 0.525. The molecule has 2 aliphatic heterocycles. The number of anilines is 2. The van der Waals surface area contributed by atoms with Crippen molar-refractivity contribution in [1.82, 2.24) is 25.1 Å². The Balaban J connectivity index is 0.884. The van der Waals surface area contributed by atoms with E-state index in [9.17, 15) is 19.2 Å². The van der Waals surface area contributed by atoms with Crippen LogP contribution >= 0.6 is 21.6 Å². The van der Waals surface area contributed by atoms with E-state index in [0.717, 1.165) is 29.0 Å². The Morgan fingerprint density at radius 2 is 1.72 bits per heavy atom. The Kier molecular flexibility index (Phi) is 22.2. The number of ether oxygens (including phenoxy) is 4. The first-order valence-corrected chi connectivity index (χ1v) is 32.4. The Morgan fingerprint density at radius 3 is 2.44 bits per heavy atom. The Bertz CT molecular complexity index is 2900. The minimum atomic E-state index is -2.16. The van der Waals surface area contributed by atoms with E-state index >= 15 is 0 Å². The SMILES string of the molecule is CC(C)OC[C@H]1O[C@@H](n2cc(C#CCNC(=O)CCCCOCSSC(C)(C)CNC(=O)CCCN(C)C(=O)c3ccccc3C3=C4C=CC(=[N+](C)C)C=C4[Si](C)(C)c4cc(N(C)C)ccc43)c(N)nc2=O)CC1OC(C)C. The number of aromatic nitrogens is 2. The number of nitrogens with one attached hydrogen (secondary N) is 2. The molecule has 3 aromatic rings. The van der Waals surface area contributed by atoms with E-state index in [2.05, 4.69) is 135 Å². The molecule has 1 aromatic heterocycles. The number of hydrogen-bond donors (Lipinski definition) is 3. The average molecular weight is 1120 g/mol. The van der Waals surface area contributed by atoms with Crippen LogP contribution < -0.4 is 32.1 Å². The molecular formula is C59H83N8O8S2Si+. The zero-order valence-corrected chi connectivity index (χ0v) is 50.8. The lowest BCUT2D eigenvalue weighted by atomic mass is 9.87. The summed E-state index contributed by atoms with van der Waals surface area (Å²) >= 11 is 0. The number of nitrogens with two attached hydrogens (primary N) is 1. The van der Waals surface area contributed by atoms with Crippen LogP contribution in [0.25, 0.3) is 5.57 Å². The van der Waals surface area contributed by atoms with Crippen molar-refractivity contribution >= 4 is 75.4 Å². The molecule has 3 heterocycles. The van der Waals surface area contributed by atoms with Crippen molar-refractivity contribution in [1.29, 1.82) is 0 Å². The maximum Gasteiger partial charge on any atom is 0.351 e. The first kappa shape index (κ1) is 61.7. The second kappa shape index (κ2) is 28.1.